The molecule has 0 aliphatic carbocycles. The highest BCUT2D eigenvalue weighted by Crippen LogP contribution is 2.17. The first-order chi connectivity index (χ1) is 9.92. The van der Waals surface area contributed by atoms with Crippen molar-refractivity contribution in [1.82, 2.24) is 4.98 Å². The van der Waals surface area contributed by atoms with Crippen LogP contribution in [0.15, 0.2) is 52.1 Å². The fourth-order valence-electron chi connectivity index (χ4n) is 1.54. The summed E-state index contributed by atoms with van der Waals surface area (Å²) in [6, 6.07) is 8.65. The minimum absolute atomic E-state index is 0.0399. The predicted octanol–water partition coefficient (Wildman–Crippen LogP) is 2.43. The van der Waals surface area contributed by atoms with E-state index in [1.807, 2.05) is 0 Å². The third kappa shape index (κ3) is 3.79. The van der Waals surface area contributed by atoms with Crippen LogP contribution in [0.25, 0.3) is 0 Å². The van der Waals surface area contributed by atoms with E-state index in [-0.39, 0.29) is 10.5 Å². The molecule has 0 aliphatic rings. The number of sulfonamides is 1. The maximum absolute atomic E-state index is 12.2. The highest BCUT2D eigenvalue weighted by molar-refractivity contribution is 9.10. The second kappa shape index (κ2) is 6.23. The van der Waals surface area contributed by atoms with Crippen LogP contribution in [0, 0.1) is 0 Å². The Hall–Kier alpha value is -1.93. The molecular formula is C13H11BrN2O4S. The van der Waals surface area contributed by atoms with Crippen molar-refractivity contribution < 1.29 is 17.9 Å². The minimum Gasteiger partial charge on any atom is -0.465 e. The summed E-state index contributed by atoms with van der Waals surface area (Å²) in [6.45, 7) is 0. The standard InChI is InChI=1S/C13H11BrN2O4S/c1-20-13(17)9-2-5-11(6-3-9)21(18,19)16-10-4-7-12(14)15-8-10/h2-8,16H,1H3. The summed E-state index contributed by atoms with van der Waals surface area (Å²) >= 11 is 3.17. The van der Waals surface area contributed by atoms with E-state index < -0.39 is 16.0 Å². The second-order valence-corrected chi connectivity index (χ2v) is 6.49. The van der Waals surface area contributed by atoms with Gasteiger partial charge in [-0.3, -0.25) is 4.72 Å². The van der Waals surface area contributed by atoms with Gasteiger partial charge in [-0.25, -0.2) is 18.2 Å². The van der Waals surface area contributed by atoms with Gasteiger partial charge < -0.3 is 4.74 Å². The lowest BCUT2D eigenvalue weighted by Crippen LogP contribution is -2.13. The Kier molecular flexibility index (Phi) is 4.59. The molecule has 0 fully saturated rings. The Labute approximate surface area is 130 Å². The number of carbonyl (C=O) groups is 1. The number of nitrogens with one attached hydrogen (secondary N) is 1. The topological polar surface area (TPSA) is 85.4 Å². The molecule has 2 aromatic rings. The van der Waals surface area contributed by atoms with Gasteiger partial charge in [-0.1, -0.05) is 0 Å². The minimum atomic E-state index is -3.73. The zero-order chi connectivity index (χ0) is 15.5. The number of nitrogens with zero attached hydrogens (tertiary/aromatic N) is 1. The number of halogens is 1. The van der Waals surface area contributed by atoms with Crippen LogP contribution in [-0.4, -0.2) is 26.5 Å². The third-order valence-corrected chi connectivity index (χ3v) is 4.43. The van der Waals surface area contributed by atoms with Gasteiger partial charge in [0.2, 0.25) is 0 Å². The SMILES string of the molecule is COC(=O)c1ccc(S(=O)(=O)Nc2ccc(Br)nc2)cc1. The highest BCUT2D eigenvalue weighted by Gasteiger charge is 2.15. The van der Waals surface area contributed by atoms with Crippen molar-refractivity contribution >= 4 is 37.6 Å². The van der Waals surface area contributed by atoms with Gasteiger partial charge in [0.25, 0.3) is 10.0 Å². The van der Waals surface area contributed by atoms with Gasteiger partial charge in [0, 0.05) is 0 Å². The van der Waals surface area contributed by atoms with Crippen molar-refractivity contribution in [2.45, 2.75) is 4.90 Å². The number of rotatable bonds is 4. The Morgan fingerprint density at radius 2 is 1.86 bits per heavy atom. The Bertz CT molecular complexity index is 743. The number of ether oxygens (including phenoxy) is 1. The molecule has 110 valence electrons. The van der Waals surface area contributed by atoms with E-state index in [2.05, 4.69) is 30.4 Å². The third-order valence-electron chi connectivity index (χ3n) is 2.57. The van der Waals surface area contributed by atoms with Crippen LogP contribution in [-0.2, 0) is 14.8 Å². The lowest BCUT2D eigenvalue weighted by molar-refractivity contribution is 0.0600. The smallest absolute Gasteiger partial charge is 0.337 e. The van der Waals surface area contributed by atoms with Crippen molar-refractivity contribution in [2.24, 2.45) is 0 Å². The molecule has 1 heterocycles. The normalized spacial score (nSPS) is 11.0. The van der Waals surface area contributed by atoms with E-state index in [1.165, 1.54) is 37.6 Å². The van der Waals surface area contributed by atoms with Crippen molar-refractivity contribution in [2.75, 3.05) is 11.8 Å². The molecule has 21 heavy (non-hydrogen) atoms. The van der Waals surface area contributed by atoms with Gasteiger partial charge in [0.15, 0.2) is 0 Å². The molecule has 8 heteroatoms. The van der Waals surface area contributed by atoms with E-state index in [0.29, 0.717) is 10.3 Å². The summed E-state index contributed by atoms with van der Waals surface area (Å²) < 4.78 is 31.9. The van der Waals surface area contributed by atoms with E-state index in [9.17, 15) is 13.2 Å². The lowest BCUT2D eigenvalue weighted by Gasteiger charge is -2.08. The molecule has 1 aromatic carbocycles. The highest BCUT2D eigenvalue weighted by atomic mass is 79.9. The molecule has 0 bridgehead atoms. The number of pyridine rings is 1. The number of anilines is 1. The number of hydrogen-bond donors (Lipinski definition) is 1. The molecule has 0 saturated carbocycles. The average Bonchev–Trinajstić information content (AvgIpc) is 2.49. The van der Waals surface area contributed by atoms with E-state index in [4.69, 9.17) is 0 Å². The molecule has 0 saturated heterocycles. The van der Waals surface area contributed by atoms with E-state index in [0.717, 1.165) is 0 Å². The maximum Gasteiger partial charge on any atom is 0.337 e. The Morgan fingerprint density at radius 3 is 2.38 bits per heavy atom. The molecule has 0 amide bonds. The number of carbonyl (C=O) groups excluding carboxylic acids is 1. The van der Waals surface area contributed by atoms with Gasteiger partial charge in [-0.05, 0) is 52.3 Å². The number of hydrogen-bond acceptors (Lipinski definition) is 5. The molecule has 0 unspecified atom stereocenters. The van der Waals surface area contributed by atoms with Crippen LogP contribution in [0.1, 0.15) is 10.4 Å². The fourth-order valence-corrected chi connectivity index (χ4v) is 2.82. The van der Waals surface area contributed by atoms with Gasteiger partial charge in [-0.15, -0.1) is 0 Å². The van der Waals surface area contributed by atoms with Gasteiger partial charge in [-0.2, -0.15) is 0 Å². The number of methoxy groups -OCH3 is 1. The summed E-state index contributed by atoms with van der Waals surface area (Å²) in [4.78, 5) is 15.3. The first kappa shape index (κ1) is 15.5. The molecule has 0 atom stereocenters. The van der Waals surface area contributed by atoms with Crippen molar-refractivity contribution in [1.29, 1.82) is 0 Å². The zero-order valence-electron chi connectivity index (χ0n) is 10.9. The maximum atomic E-state index is 12.2. The fraction of sp³-hybridized carbons (Fsp3) is 0.0769. The molecule has 0 spiro atoms. The first-order valence-corrected chi connectivity index (χ1v) is 8.03. The number of aromatic nitrogens is 1. The van der Waals surface area contributed by atoms with Crippen LogP contribution in [0.3, 0.4) is 0 Å². The van der Waals surface area contributed by atoms with Gasteiger partial charge >= 0.3 is 5.97 Å². The molecule has 0 aliphatic heterocycles. The molecule has 1 N–H and O–H groups in total. The van der Waals surface area contributed by atoms with E-state index in [1.54, 1.807) is 12.1 Å². The van der Waals surface area contributed by atoms with Crippen LogP contribution in [0.5, 0.6) is 0 Å². The van der Waals surface area contributed by atoms with E-state index >= 15 is 0 Å². The molecule has 2 rings (SSSR count). The summed E-state index contributed by atoms with van der Waals surface area (Å²) in [7, 11) is -2.47. The zero-order valence-corrected chi connectivity index (χ0v) is 13.3. The second-order valence-electron chi connectivity index (χ2n) is 3.99. The molecule has 0 radical (unpaired) electrons. The van der Waals surface area contributed by atoms with Crippen molar-refractivity contribution in [3.63, 3.8) is 0 Å². The monoisotopic (exact) mass is 370 g/mol. The van der Waals surface area contributed by atoms with Crippen LogP contribution in [0.4, 0.5) is 5.69 Å². The van der Waals surface area contributed by atoms with Crippen LogP contribution < -0.4 is 4.72 Å². The first-order valence-electron chi connectivity index (χ1n) is 5.75. The molecular weight excluding hydrogens is 360 g/mol. The lowest BCUT2D eigenvalue weighted by atomic mass is 10.2. The largest absolute Gasteiger partial charge is 0.465 e. The summed E-state index contributed by atoms with van der Waals surface area (Å²) in [6.07, 6.45) is 1.39. The Balaban J connectivity index is 2.23. The number of benzene rings is 1. The summed E-state index contributed by atoms with van der Waals surface area (Å²) in [5.41, 5.74) is 0.622. The van der Waals surface area contributed by atoms with Gasteiger partial charge in [0.1, 0.15) is 4.60 Å². The van der Waals surface area contributed by atoms with Crippen molar-refractivity contribution in [3.05, 3.63) is 52.8 Å². The number of esters is 1. The molecule has 1 aromatic heterocycles. The summed E-state index contributed by atoms with van der Waals surface area (Å²) in [5.74, 6) is -0.524. The van der Waals surface area contributed by atoms with Crippen LogP contribution >= 0.6 is 15.9 Å². The van der Waals surface area contributed by atoms with Gasteiger partial charge in [0.05, 0.1) is 29.5 Å². The molecule has 6 nitrogen and oxygen atoms in total. The predicted molar refractivity (Wildman–Crippen MR) is 80.5 cm³/mol. The van der Waals surface area contributed by atoms with Crippen molar-refractivity contribution in [3.8, 4) is 0 Å². The quantitative estimate of drug-likeness (QED) is 0.659. The van der Waals surface area contributed by atoms with Crippen LogP contribution in [0.2, 0.25) is 0 Å². The average molecular weight is 371 g/mol. The summed E-state index contributed by atoms with van der Waals surface area (Å²) in [5, 5.41) is 0. The Morgan fingerprint density at radius 1 is 1.19 bits per heavy atom.